The molecule has 1 N–H and O–H groups in total. The first-order valence-electron chi connectivity index (χ1n) is 10.2. The van der Waals surface area contributed by atoms with Crippen LogP contribution in [0.3, 0.4) is 0 Å². The molecule has 3 aromatic rings. The lowest BCUT2D eigenvalue weighted by Crippen LogP contribution is -2.63. The first kappa shape index (κ1) is 20.5. The molecule has 2 fully saturated rings. The highest BCUT2D eigenvalue weighted by molar-refractivity contribution is 6.00. The lowest BCUT2D eigenvalue weighted by Gasteiger charge is -2.59. The van der Waals surface area contributed by atoms with E-state index in [9.17, 15) is 22.8 Å². The summed E-state index contributed by atoms with van der Waals surface area (Å²) in [4.78, 5) is 30.7. The van der Waals surface area contributed by atoms with Crippen molar-refractivity contribution in [2.24, 2.45) is 18.4 Å². The first-order chi connectivity index (χ1) is 15.1. The number of likely N-dealkylation sites (tertiary alicyclic amines) is 1. The Morgan fingerprint density at radius 2 is 2.00 bits per heavy atom. The zero-order chi connectivity index (χ0) is 22.7. The molecule has 32 heavy (non-hydrogen) atoms. The van der Waals surface area contributed by atoms with Crippen LogP contribution in [0.1, 0.15) is 35.2 Å². The highest BCUT2D eigenvalue weighted by Gasteiger charge is 2.54. The number of carbonyl (C=O) groups excluding carboxylic acids is 2. The van der Waals surface area contributed by atoms with Gasteiger partial charge >= 0.3 is 6.18 Å². The number of nitrogens with one attached hydrogen (secondary N) is 1. The normalized spacial score (nSPS) is 17.9. The van der Waals surface area contributed by atoms with E-state index in [-0.39, 0.29) is 35.4 Å². The summed E-state index contributed by atoms with van der Waals surface area (Å²) in [6, 6.07) is 1.69. The van der Waals surface area contributed by atoms with Crippen molar-refractivity contribution in [1.29, 1.82) is 0 Å². The van der Waals surface area contributed by atoms with Crippen molar-refractivity contribution in [3.05, 3.63) is 48.0 Å². The van der Waals surface area contributed by atoms with Gasteiger partial charge < -0.3 is 14.8 Å². The highest BCUT2D eigenvalue weighted by atomic mass is 19.4. The summed E-state index contributed by atoms with van der Waals surface area (Å²) in [5.74, 6) is -0.361. The largest absolute Gasteiger partial charge is 0.416 e. The molecule has 168 valence electrons. The minimum atomic E-state index is -4.49. The molecule has 5 rings (SSSR count). The van der Waals surface area contributed by atoms with Gasteiger partial charge in [-0.3, -0.25) is 9.59 Å². The number of amides is 2. The Labute approximate surface area is 181 Å². The number of carbonyl (C=O) groups is 2. The fourth-order valence-electron chi connectivity index (χ4n) is 4.98. The van der Waals surface area contributed by atoms with Crippen molar-refractivity contribution in [3.8, 4) is 0 Å². The van der Waals surface area contributed by atoms with Crippen LogP contribution in [0.4, 0.5) is 19.0 Å². The monoisotopic (exact) mass is 446 g/mol. The topological polar surface area (TPSA) is 84.5 Å². The Morgan fingerprint density at radius 1 is 1.25 bits per heavy atom. The molecule has 0 radical (unpaired) electrons. The second-order valence-corrected chi connectivity index (χ2v) is 8.85. The van der Waals surface area contributed by atoms with E-state index in [1.807, 2.05) is 17.8 Å². The number of hydrogen-bond acceptors (Lipinski definition) is 4. The number of halogens is 3. The third-order valence-electron chi connectivity index (χ3n) is 6.38. The molecule has 11 heteroatoms. The van der Waals surface area contributed by atoms with E-state index in [2.05, 4.69) is 15.4 Å². The van der Waals surface area contributed by atoms with Gasteiger partial charge in [0.15, 0.2) is 0 Å². The number of rotatable bonds is 4. The van der Waals surface area contributed by atoms with Gasteiger partial charge in [-0.25, -0.2) is 9.50 Å². The third-order valence-corrected chi connectivity index (χ3v) is 6.38. The molecule has 4 heterocycles. The SMILES string of the molecule is Cn1ccn2ncc(C(=O)N3CC4(CC(CC(=O)Nc5cc(C(F)(F)F)ccn5)C4)C3)c12. The van der Waals surface area contributed by atoms with Crippen molar-refractivity contribution in [1.82, 2.24) is 24.1 Å². The Kier molecular flexibility index (Phi) is 4.54. The molecule has 2 amide bonds. The van der Waals surface area contributed by atoms with E-state index < -0.39 is 11.7 Å². The van der Waals surface area contributed by atoms with Crippen LogP contribution in [0.15, 0.2) is 36.9 Å². The van der Waals surface area contributed by atoms with Gasteiger partial charge in [0.05, 0.1) is 11.8 Å². The number of alkyl halides is 3. The standard InChI is InChI=1S/C21H21F3N6O2/c1-28-4-5-30-18(28)15(10-26-30)19(32)29-11-20(12-29)8-13(9-20)6-17(31)27-16-7-14(2-3-25-16)21(22,23)24/h2-5,7,10,13H,6,8-9,11-12H2,1H3,(H,25,27,31). The van der Waals surface area contributed by atoms with Gasteiger partial charge in [-0.15, -0.1) is 0 Å². The van der Waals surface area contributed by atoms with Crippen LogP contribution in [-0.4, -0.2) is 49.0 Å². The predicted octanol–water partition coefficient (Wildman–Crippen LogP) is 2.97. The second-order valence-electron chi connectivity index (χ2n) is 8.85. The molecule has 1 aliphatic heterocycles. The first-order valence-corrected chi connectivity index (χ1v) is 10.2. The molecule has 0 unspecified atom stereocenters. The molecule has 1 saturated carbocycles. The minimum absolute atomic E-state index is 0.0372. The summed E-state index contributed by atoms with van der Waals surface area (Å²) in [7, 11) is 1.86. The second kappa shape index (κ2) is 7.07. The third kappa shape index (κ3) is 3.51. The van der Waals surface area contributed by atoms with Gasteiger partial charge in [-0.2, -0.15) is 18.3 Å². The number of hydrogen-bond donors (Lipinski definition) is 1. The molecule has 0 aromatic carbocycles. The van der Waals surface area contributed by atoms with Crippen LogP contribution in [-0.2, 0) is 18.0 Å². The molecular weight excluding hydrogens is 425 g/mol. The van der Waals surface area contributed by atoms with E-state index in [0.717, 1.165) is 36.8 Å². The average molecular weight is 446 g/mol. The number of nitrogens with zero attached hydrogens (tertiary/aromatic N) is 5. The van der Waals surface area contributed by atoms with Gasteiger partial charge in [0, 0.05) is 50.6 Å². The minimum Gasteiger partial charge on any atom is -0.337 e. The van der Waals surface area contributed by atoms with Crippen molar-refractivity contribution < 1.29 is 22.8 Å². The molecular formula is C21H21F3N6O2. The highest BCUT2D eigenvalue weighted by Crippen LogP contribution is 2.53. The number of pyridine rings is 1. The quantitative estimate of drug-likeness (QED) is 0.668. The van der Waals surface area contributed by atoms with Gasteiger partial charge in [0.1, 0.15) is 17.0 Å². The number of aryl methyl sites for hydroxylation is 1. The van der Waals surface area contributed by atoms with E-state index in [4.69, 9.17) is 0 Å². The Morgan fingerprint density at radius 3 is 2.72 bits per heavy atom. The molecule has 1 saturated heterocycles. The molecule has 2 aliphatic rings. The molecule has 0 atom stereocenters. The summed E-state index contributed by atoms with van der Waals surface area (Å²) < 4.78 is 41.9. The maximum Gasteiger partial charge on any atom is 0.416 e. The summed E-state index contributed by atoms with van der Waals surface area (Å²) in [5.41, 5.74) is 0.504. The summed E-state index contributed by atoms with van der Waals surface area (Å²) in [6.45, 7) is 1.28. The Balaban J connectivity index is 1.12. The van der Waals surface area contributed by atoms with Gasteiger partial charge in [0.25, 0.3) is 5.91 Å². The summed E-state index contributed by atoms with van der Waals surface area (Å²) in [5, 5.41) is 6.66. The fraction of sp³-hybridized carbons (Fsp3) is 0.429. The molecule has 1 aliphatic carbocycles. The van der Waals surface area contributed by atoms with Crippen LogP contribution in [0.5, 0.6) is 0 Å². The number of aromatic nitrogens is 4. The summed E-state index contributed by atoms with van der Waals surface area (Å²) >= 11 is 0. The van der Waals surface area contributed by atoms with Crippen LogP contribution in [0.2, 0.25) is 0 Å². The zero-order valence-electron chi connectivity index (χ0n) is 17.3. The van der Waals surface area contributed by atoms with Crippen LogP contribution in [0.25, 0.3) is 5.65 Å². The van der Waals surface area contributed by atoms with E-state index in [1.54, 1.807) is 21.8 Å². The maximum atomic E-state index is 12.8. The predicted molar refractivity (Wildman–Crippen MR) is 108 cm³/mol. The Hall–Kier alpha value is -3.37. The van der Waals surface area contributed by atoms with E-state index in [1.165, 1.54) is 0 Å². The number of anilines is 1. The molecule has 8 nitrogen and oxygen atoms in total. The average Bonchev–Trinajstić information content (AvgIpc) is 3.25. The van der Waals surface area contributed by atoms with Crippen LogP contribution >= 0.6 is 0 Å². The van der Waals surface area contributed by atoms with Gasteiger partial charge in [-0.05, 0) is 30.9 Å². The van der Waals surface area contributed by atoms with Crippen LogP contribution < -0.4 is 5.32 Å². The number of imidazole rings is 1. The summed E-state index contributed by atoms with van der Waals surface area (Å²) in [6.07, 6.45) is 3.61. The zero-order valence-corrected chi connectivity index (χ0v) is 17.3. The maximum absolute atomic E-state index is 12.8. The van der Waals surface area contributed by atoms with Gasteiger partial charge in [-0.1, -0.05) is 0 Å². The smallest absolute Gasteiger partial charge is 0.337 e. The van der Waals surface area contributed by atoms with E-state index in [0.29, 0.717) is 18.7 Å². The van der Waals surface area contributed by atoms with Crippen molar-refractivity contribution in [2.75, 3.05) is 18.4 Å². The molecule has 1 spiro atoms. The lowest BCUT2D eigenvalue weighted by molar-refractivity contribution is -0.137. The molecule has 3 aromatic heterocycles. The van der Waals surface area contributed by atoms with Crippen LogP contribution in [0, 0.1) is 11.3 Å². The van der Waals surface area contributed by atoms with Crippen molar-refractivity contribution in [2.45, 2.75) is 25.4 Å². The Bertz CT molecular complexity index is 1200. The lowest BCUT2D eigenvalue weighted by atomic mass is 9.57. The van der Waals surface area contributed by atoms with Crippen molar-refractivity contribution >= 4 is 23.3 Å². The number of fused-ring (bicyclic) bond motifs is 1. The van der Waals surface area contributed by atoms with Crippen molar-refractivity contribution in [3.63, 3.8) is 0 Å². The fourth-order valence-corrected chi connectivity index (χ4v) is 4.98. The van der Waals surface area contributed by atoms with Gasteiger partial charge in [0.2, 0.25) is 5.91 Å². The van der Waals surface area contributed by atoms with E-state index >= 15 is 0 Å². The molecule has 0 bridgehead atoms.